The molecule has 1 aromatic heterocycles. The number of benzene rings is 7. The zero-order chi connectivity index (χ0) is 34.6. The topological polar surface area (TPSA) is 59.4 Å². The van der Waals surface area contributed by atoms with Gasteiger partial charge in [-0.1, -0.05) is 121 Å². The summed E-state index contributed by atoms with van der Waals surface area (Å²) in [4.78, 5) is 12.1. The molecule has 246 valence electrons. The highest BCUT2D eigenvalue weighted by Gasteiger charge is 2.17. The standard InChI is InChI=1S/C46H37N5/c1-33-12-5-9-19-43(33)50(44-21-11-14-35-13-6-7-17-40(35)44)39-28-22-34(23-29-39)30-31-48-42(32-47)36-24-26-37(27-25-36)46-49-41-18-8-10-20-45(41)51(46)38-15-3-2-4-16-38/h2-31H,32,47H2,1H3/b31-30+,48-42?. The molecular weight excluding hydrogens is 623 g/mol. The summed E-state index contributed by atoms with van der Waals surface area (Å²) in [6, 6.07) is 59.1. The average Bonchev–Trinajstić information content (AvgIpc) is 3.58. The minimum atomic E-state index is 0.321. The molecule has 1 heterocycles. The van der Waals surface area contributed by atoms with Crippen LogP contribution in [0.1, 0.15) is 16.7 Å². The second kappa shape index (κ2) is 14.1. The average molecular weight is 660 g/mol. The molecule has 0 amide bonds. The van der Waals surface area contributed by atoms with Crippen molar-refractivity contribution >= 4 is 50.7 Å². The quantitative estimate of drug-likeness (QED) is 0.157. The predicted octanol–water partition coefficient (Wildman–Crippen LogP) is 11.0. The van der Waals surface area contributed by atoms with E-state index in [0.29, 0.717) is 6.54 Å². The Labute approximate surface area is 298 Å². The van der Waals surface area contributed by atoms with Crippen molar-refractivity contribution in [2.45, 2.75) is 6.92 Å². The van der Waals surface area contributed by atoms with Gasteiger partial charge in [0.1, 0.15) is 5.82 Å². The van der Waals surface area contributed by atoms with Crippen molar-refractivity contribution in [3.05, 3.63) is 193 Å². The molecule has 7 aromatic carbocycles. The highest BCUT2D eigenvalue weighted by atomic mass is 15.1. The molecule has 0 spiro atoms. The first-order valence-corrected chi connectivity index (χ1v) is 17.2. The summed E-state index contributed by atoms with van der Waals surface area (Å²) in [5, 5.41) is 2.42. The molecule has 0 saturated heterocycles. The van der Waals surface area contributed by atoms with Crippen LogP contribution in [0, 0.1) is 6.92 Å². The molecule has 0 bridgehead atoms. The minimum Gasteiger partial charge on any atom is -0.325 e. The first kappa shape index (κ1) is 31.7. The molecule has 8 aromatic rings. The third-order valence-electron chi connectivity index (χ3n) is 9.26. The first-order valence-electron chi connectivity index (χ1n) is 17.2. The summed E-state index contributed by atoms with van der Waals surface area (Å²) in [6.45, 7) is 2.48. The third kappa shape index (κ3) is 6.34. The van der Waals surface area contributed by atoms with Gasteiger partial charge in [0.05, 0.1) is 22.4 Å². The van der Waals surface area contributed by atoms with Gasteiger partial charge in [0, 0.05) is 40.8 Å². The molecule has 8 rings (SSSR count). The molecule has 0 atom stereocenters. The number of hydrogen-bond acceptors (Lipinski definition) is 4. The third-order valence-corrected chi connectivity index (χ3v) is 9.26. The van der Waals surface area contributed by atoms with Crippen LogP contribution < -0.4 is 10.6 Å². The van der Waals surface area contributed by atoms with E-state index in [1.165, 1.54) is 16.3 Å². The van der Waals surface area contributed by atoms with E-state index in [0.717, 1.165) is 62.0 Å². The number of aryl methyl sites for hydroxylation is 1. The number of hydrogen-bond donors (Lipinski definition) is 1. The van der Waals surface area contributed by atoms with Gasteiger partial charge in [-0.25, -0.2) is 4.98 Å². The van der Waals surface area contributed by atoms with Gasteiger partial charge in [-0.15, -0.1) is 0 Å². The van der Waals surface area contributed by atoms with Crippen LogP contribution in [0.25, 0.3) is 45.0 Å². The fourth-order valence-electron chi connectivity index (χ4n) is 6.69. The minimum absolute atomic E-state index is 0.321. The first-order chi connectivity index (χ1) is 25.2. The van der Waals surface area contributed by atoms with Crippen LogP contribution in [-0.4, -0.2) is 21.8 Å². The lowest BCUT2D eigenvalue weighted by Gasteiger charge is -2.28. The smallest absolute Gasteiger partial charge is 0.145 e. The van der Waals surface area contributed by atoms with E-state index in [9.17, 15) is 0 Å². The molecule has 0 aliphatic rings. The number of nitrogens with two attached hydrogens (primary N) is 1. The van der Waals surface area contributed by atoms with E-state index < -0.39 is 0 Å². The maximum atomic E-state index is 6.21. The molecule has 5 nitrogen and oxygen atoms in total. The summed E-state index contributed by atoms with van der Waals surface area (Å²) in [7, 11) is 0. The Morgan fingerprint density at radius 3 is 2.18 bits per heavy atom. The largest absolute Gasteiger partial charge is 0.325 e. The summed E-state index contributed by atoms with van der Waals surface area (Å²) in [5.41, 5.74) is 17.8. The van der Waals surface area contributed by atoms with Gasteiger partial charge in [0.2, 0.25) is 0 Å². The van der Waals surface area contributed by atoms with Gasteiger partial charge in [0.15, 0.2) is 0 Å². The van der Waals surface area contributed by atoms with Gasteiger partial charge < -0.3 is 10.6 Å². The van der Waals surface area contributed by atoms with Crippen molar-refractivity contribution < 1.29 is 0 Å². The van der Waals surface area contributed by atoms with E-state index >= 15 is 0 Å². The number of aromatic nitrogens is 2. The predicted molar refractivity (Wildman–Crippen MR) is 214 cm³/mol. The maximum absolute atomic E-state index is 6.21. The van der Waals surface area contributed by atoms with Crippen LogP contribution in [0.4, 0.5) is 17.1 Å². The van der Waals surface area contributed by atoms with Crippen LogP contribution in [0.2, 0.25) is 0 Å². The molecule has 0 aliphatic carbocycles. The molecule has 2 N–H and O–H groups in total. The van der Waals surface area contributed by atoms with Crippen LogP contribution in [0.5, 0.6) is 0 Å². The number of rotatable bonds is 9. The highest BCUT2D eigenvalue weighted by Crippen LogP contribution is 2.40. The number of para-hydroxylation sites is 4. The number of fused-ring (bicyclic) bond motifs is 2. The van der Waals surface area contributed by atoms with Gasteiger partial charge in [-0.3, -0.25) is 9.56 Å². The molecule has 0 fully saturated rings. The Bertz CT molecular complexity index is 2500. The van der Waals surface area contributed by atoms with Gasteiger partial charge >= 0.3 is 0 Å². The lowest BCUT2D eigenvalue weighted by atomic mass is 10.0. The SMILES string of the molecule is Cc1ccccc1N(c1ccc(/C=C/N=C(CN)c2ccc(-c3nc4ccccc4n3-c3ccccc3)cc2)cc1)c1cccc2ccccc12. The zero-order valence-corrected chi connectivity index (χ0v) is 28.4. The van der Waals surface area contributed by atoms with Crippen LogP contribution in [0.15, 0.2) is 181 Å². The van der Waals surface area contributed by atoms with E-state index in [2.05, 4.69) is 174 Å². The van der Waals surface area contributed by atoms with E-state index in [4.69, 9.17) is 15.7 Å². The van der Waals surface area contributed by atoms with E-state index in [1.807, 2.05) is 24.4 Å². The van der Waals surface area contributed by atoms with Gasteiger partial charge in [-0.2, -0.15) is 0 Å². The molecule has 0 aliphatic heterocycles. The molecule has 51 heavy (non-hydrogen) atoms. The summed E-state index contributed by atoms with van der Waals surface area (Å²) in [6.07, 6.45) is 3.86. The molecule has 0 saturated carbocycles. The van der Waals surface area contributed by atoms with Crippen LogP contribution in [-0.2, 0) is 0 Å². The van der Waals surface area contributed by atoms with Gasteiger partial charge in [0.25, 0.3) is 0 Å². The summed E-state index contributed by atoms with van der Waals surface area (Å²) >= 11 is 0. The van der Waals surface area contributed by atoms with Crippen LogP contribution >= 0.6 is 0 Å². The van der Waals surface area contributed by atoms with Crippen molar-refractivity contribution in [2.24, 2.45) is 10.7 Å². The molecule has 0 radical (unpaired) electrons. The second-order valence-corrected chi connectivity index (χ2v) is 12.5. The Balaban J connectivity index is 1.06. The lowest BCUT2D eigenvalue weighted by molar-refractivity contribution is 1.10. The fourth-order valence-corrected chi connectivity index (χ4v) is 6.69. The van der Waals surface area contributed by atoms with Crippen molar-refractivity contribution in [3.8, 4) is 17.1 Å². The Kier molecular flexibility index (Phi) is 8.77. The molecule has 5 heteroatoms. The van der Waals surface area contributed by atoms with Gasteiger partial charge in [-0.05, 0) is 83.6 Å². The summed E-state index contributed by atoms with van der Waals surface area (Å²) < 4.78 is 2.21. The zero-order valence-electron chi connectivity index (χ0n) is 28.4. The second-order valence-electron chi connectivity index (χ2n) is 12.5. The monoisotopic (exact) mass is 659 g/mol. The van der Waals surface area contributed by atoms with Crippen LogP contribution in [0.3, 0.4) is 0 Å². The lowest BCUT2D eigenvalue weighted by Crippen LogP contribution is -2.14. The van der Waals surface area contributed by atoms with E-state index in [-0.39, 0.29) is 0 Å². The van der Waals surface area contributed by atoms with E-state index in [1.54, 1.807) is 0 Å². The number of imidazole rings is 1. The highest BCUT2D eigenvalue weighted by molar-refractivity contribution is 6.03. The van der Waals surface area contributed by atoms with Crippen molar-refractivity contribution in [2.75, 3.05) is 11.4 Å². The number of aliphatic imine (C=N–C) groups is 1. The van der Waals surface area contributed by atoms with Crippen molar-refractivity contribution in [1.82, 2.24) is 9.55 Å². The Morgan fingerprint density at radius 1 is 0.686 bits per heavy atom. The molecule has 0 unspecified atom stereocenters. The Morgan fingerprint density at radius 2 is 1.37 bits per heavy atom. The normalized spacial score (nSPS) is 11.8. The van der Waals surface area contributed by atoms with Crippen molar-refractivity contribution in [3.63, 3.8) is 0 Å². The fraction of sp³-hybridized carbons (Fsp3) is 0.0435. The summed E-state index contributed by atoms with van der Waals surface area (Å²) in [5.74, 6) is 0.893. The maximum Gasteiger partial charge on any atom is 0.145 e. The van der Waals surface area contributed by atoms with Crippen molar-refractivity contribution in [1.29, 1.82) is 0 Å². The number of nitrogens with zero attached hydrogens (tertiary/aromatic N) is 4. The Hall–Kier alpha value is -6.56. The molecular formula is C46H37N5. The number of anilines is 3.